The molecule has 0 saturated carbocycles. The summed E-state index contributed by atoms with van der Waals surface area (Å²) in [5.74, 6) is -3.55. The van der Waals surface area contributed by atoms with Crippen molar-refractivity contribution in [1.82, 2.24) is 25.3 Å². The van der Waals surface area contributed by atoms with Gasteiger partial charge in [0.15, 0.2) is 6.10 Å². The highest BCUT2D eigenvalue weighted by Crippen LogP contribution is 2.23. The van der Waals surface area contributed by atoms with E-state index < -0.39 is 65.8 Å². The molecule has 2 fully saturated rings. The van der Waals surface area contributed by atoms with Gasteiger partial charge < -0.3 is 30.1 Å². The maximum atomic E-state index is 14.0. The Balaban J connectivity index is 2.02. The third-order valence-corrected chi connectivity index (χ3v) is 9.01. The van der Waals surface area contributed by atoms with Crippen molar-refractivity contribution in [2.75, 3.05) is 27.2 Å². The van der Waals surface area contributed by atoms with Gasteiger partial charge >= 0.3 is 5.97 Å². The van der Waals surface area contributed by atoms with E-state index >= 15 is 0 Å². The van der Waals surface area contributed by atoms with Gasteiger partial charge in [0.1, 0.15) is 24.2 Å². The van der Waals surface area contributed by atoms with Crippen LogP contribution in [0.15, 0.2) is 30.3 Å². The maximum absolute atomic E-state index is 14.0. The van der Waals surface area contributed by atoms with E-state index in [-0.39, 0.29) is 31.2 Å². The molecule has 3 rings (SSSR count). The quantitative estimate of drug-likeness (QED) is 0.471. The maximum Gasteiger partial charge on any atom is 0.308 e. The van der Waals surface area contributed by atoms with Gasteiger partial charge in [0.2, 0.25) is 23.6 Å². The molecule has 2 heterocycles. The van der Waals surface area contributed by atoms with E-state index in [1.54, 1.807) is 6.92 Å². The largest absolute Gasteiger partial charge is 0.452 e. The van der Waals surface area contributed by atoms with Gasteiger partial charge in [0.25, 0.3) is 5.91 Å². The molecule has 0 bridgehead atoms. The van der Waals surface area contributed by atoms with Crippen LogP contribution in [0.25, 0.3) is 0 Å². The predicted molar refractivity (Wildman–Crippen MR) is 167 cm³/mol. The van der Waals surface area contributed by atoms with Crippen LogP contribution < -0.4 is 10.6 Å². The van der Waals surface area contributed by atoms with Gasteiger partial charge in [0, 0.05) is 33.6 Å². The van der Waals surface area contributed by atoms with E-state index in [1.807, 2.05) is 58.0 Å². The smallest absolute Gasteiger partial charge is 0.308 e. The van der Waals surface area contributed by atoms with E-state index in [2.05, 4.69) is 10.6 Å². The van der Waals surface area contributed by atoms with Gasteiger partial charge in [-0.05, 0) is 37.2 Å². The number of fused-ring (bicyclic) bond motifs is 1. The summed E-state index contributed by atoms with van der Waals surface area (Å²) >= 11 is 0. The van der Waals surface area contributed by atoms with Crippen LogP contribution in [0.5, 0.6) is 0 Å². The summed E-state index contributed by atoms with van der Waals surface area (Å²) in [5, 5.41) is 5.58. The molecule has 12 heteroatoms. The molecule has 5 amide bonds. The first kappa shape index (κ1) is 35.5. The highest BCUT2D eigenvalue weighted by molar-refractivity contribution is 5.96. The summed E-state index contributed by atoms with van der Waals surface area (Å²) in [5.41, 5.74) is 0.780. The zero-order valence-electron chi connectivity index (χ0n) is 27.6. The standard InChI is InChI=1S/C33H49N5O7/c1-8-21(4)27-32(43)37(7)28(20(2)3)33(44)36(6)22(5)29(40)34-17-16-26(39)45-25(19-23-13-10-9-11-14-23)31(42)38-18-12-15-24(38)30(41)35-27/h9-11,13-14,20-22,24-25,27-28H,8,12,15-19H2,1-7H3,(H,34,40)(H,35,41)/t21-,22-,24-,25+,27-,28?/m0/s1. The number of amides is 5. The second kappa shape index (κ2) is 15.9. The van der Waals surface area contributed by atoms with Crippen LogP contribution in [0.2, 0.25) is 0 Å². The molecule has 248 valence electrons. The van der Waals surface area contributed by atoms with Crippen LogP contribution >= 0.6 is 0 Å². The number of carbonyl (C=O) groups excluding carboxylic acids is 6. The first-order chi connectivity index (χ1) is 21.3. The number of hydrogen-bond acceptors (Lipinski definition) is 7. The Labute approximate surface area is 266 Å². The fraction of sp³-hybridized carbons (Fsp3) is 0.636. The topological polar surface area (TPSA) is 145 Å². The molecule has 2 aliphatic rings. The Bertz CT molecular complexity index is 1240. The number of benzene rings is 1. The number of cyclic esters (lactones) is 1. The van der Waals surface area contributed by atoms with Gasteiger partial charge in [0.05, 0.1) is 6.42 Å². The molecular weight excluding hydrogens is 578 g/mol. The third kappa shape index (κ3) is 8.61. The average molecular weight is 628 g/mol. The minimum absolute atomic E-state index is 0.0619. The molecule has 2 saturated heterocycles. The number of hydrogen-bond donors (Lipinski definition) is 2. The summed E-state index contributed by atoms with van der Waals surface area (Å²) in [6.07, 6.45) is 0.271. The lowest BCUT2D eigenvalue weighted by Crippen LogP contribution is -2.60. The predicted octanol–water partition coefficient (Wildman–Crippen LogP) is 1.51. The summed E-state index contributed by atoms with van der Waals surface area (Å²) in [6.45, 7) is 9.19. The lowest BCUT2D eigenvalue weighted by molar-refractivity contribution is -0.161. The summed E-state index contributed by atoms with van der Waals surface area (Å²) in [7, 11) is 3.04. The molecular formula is C33H49N5O7. The van der Waals surface area contributed by atoms with Crippen LogP contribution in [-0.4, -0.2) is 108 Å². The van der Waals surface area contributed by atoms with Gasteiger partial charge in [-0.1, -0.05) is 64.4 Å². The highest BCUT2D eigenvalue weighted by atomic mass is 16.5. The second-order valence-corrected chi connectivity index (χ2v) is 12.5. The number of esters is 1. The van der Waals surface area contributed by atoms with Crippen molar-refractivity contribution in [2.45, 2.75) is 97.0 Å². The summed E-state index contributed by atoms with van der Waals surface area (Å²) in [6, 6.07) is 5.53. The highest BCUT2D eigenvalue weighted by Gasteiger charge is 2.42. The molecule has 12 nitrogen and oxygen atoms in total. The van der Waals surface area contributed by atoms with Crippen molar-refractivity contribution in [2.24, 2.45) is 11.8 Å². The van der Waals surface area contributed by atoms with Crippen LogP contribution in [0.1, 0.15) is 65.9 Å². The van der Waals surface area contributed by atoms with Gasteiger partial charge in [-0.2, -0.15) is 0 Å². The molecule has 1 unspecified atom stereocenters. The SMILES string of the molecule is CC[C@H](C)[C@@H]1NC(=O)[C@@H]2CCCN2C(=O)[C@@H](Cc2ccccc2)OC(=O)CCNC(=O)[C@H](C)N(C)C(=O)C(C(C)C)N(C)C1=O. The zero-order chi connectivity index (χ0) is 33.4. The molecule has 0 aromatic heterocycles. The summed E-state index contributed by atoms with van der Waals surface area (Å²) < 4.78 is 5.69. The summed E-state index contributed by atoms with van der Waals surface area (Å²) in [4.78, 5) is 85.5. The molecule has 0 aliphatic carbocycles. The van der Waals surface area contributed by atoms with Crippen molar-refractivity contribution in [3.05, 3.63) is 35.9 Å². The lowest BCUT2D eigenvalue weighted by Gasteiger charge is -2.38. The van der Waals surface area contributed by atoms with Crippen molar-refractivity contribution < 1.29 is 33.5 Å². The molecule has 0 radical (unpaired) electrons. The first-order valence-corrected chi connectivity index (χ1v) is 15.9. The van der Waals surface area contributed by atoms with E-state index in [9.17, 15) is 28.8 Å². The van der Waals surface area contributed by atoms with Crippen molar-refractivity contribution in [3.63, 3.8) is 0 Å². The number of rotatable bonds is 5. The van der Waals surface area contributed by atoms with Crippen LogP contribution in [-0.2, 0) is 39.9 Å². The normalized spacial score (nSPS) is 27.3. The molecule has 0 spiro atoms. The van der Waals surface area contributed by atoms with Crippen LogP contribution in [0.3, 0.4) is 0 Å². The minimum Gasteiger partial charge on any atom is -0.452 e. The Morgan fingerprint density at radius 1 is 0.911 bits per heavy atom. The Hall–Kier alpha value is -3.96. The van der Waals surface area contributed by atoms with Crippen LogP contribution in [0, 0.1) is 11.8 Å². The number of likely N-dealkylation sites (N-methyl/N-ethyl adjacent to an activating group) is 2. The molecule has 6 atom stereocenters. The Kier molecular flexibility index (Phi) is 12.5. The lowest BCUT2D eigenvalue weighted by atomic mass is 9.94. The molecule has 2 aliphatic heterocycles. The van der Waals surface area contributed by atoms with E-state index in [0.717, 1.165) is 5.56 Å². The second-order valence-electron chi connectivity index (χ2n) is 12.5. The minimum atomic E-state index is -1.18. The van der Waals surface area contributed by atoms with Crippen LogP contribution in [0.4, 0.5) is 0 Å². The van der Waals surface area contributed by atoms with Crippen molar-refractivity contribution in [1.29, 1.82) is 0 Å². The van der Waals surface area contributed by atoms with Crippen molar-refractivity contribution in [3.8, 4) is 0 Å². The van der Waals surface area contributed by atoms with Crippen molar-refractivity contribution >= 4 is 35.5 Å². The molecule has 45 heavy (non-hydrogen) atoms. The third-order valence-electron chi connectivity index (χ3n) is 9.01. The molecule has 1 aromatic rings. The van der Waals surface area contributed by atoms with Gasteiger partial charge in [-0.3, -0.25) is 28.8 Å². The first-order valence-electron chi connectivity index (χ1n) is 15.9. The fourth-order valence-corrected chi connectivity index (χ4v) is 5.91. The molecule has 2 N–H and O–H groups in total. The number of nitrogens with one attached hydrogen (secondary N) is 2. The molecule has 1 aromatic carbocycles. The fourth-order valence-electron chi connectivity index (χ4n) is 5.91. The average Bonchev–Trinajstić information content (AvgIpc) is 3.51. The van der Waals surface area contributed by atoms with E-state index in [1.165, 1.54) is 28.8 Å². The monoisotopic (exact) mass is 627 g/mol. The van der Waals surface area contributed by atoms with E-state index in [0.29, 0.717) is 25.8 Å². The number of nitrogens with zero attached hydrogens (tertiary/aromatic N) is 3. The Morgan fingerprint density at radius 3 is 2.20 bits per heavy atom. The Morgan fingerprint density at radius 2 is 1.58 bits per heavy atom. The van der Waals surface area contributed by atoms with Gasteiger partial charge in [-0.25, -0.2) is 0 Å². The number of carbonyl (C=O) groups is 6. The zero-order valence-corrected chi connectivity index (χ0v) is 27.6. The number of ether oxygens (including phenoxy) is 1. The van der Waals surface area contributed by atoms with E-state index in [4.69, 9.17) is 4.74 Å². The van der Waals surface area contributed by atoms with Gasteiger partial charge in [-0.15, -0.1) is 0 Å².